The third-order valence-electron chi connectivity index (χ3n) is 6.18. The van der Waals surface area contributed by atoms with Gasteiger partial charge in [0.25, 0.3) is 5.91 Å². The fourth-order valence-corrected chi connectivity index (χ4v) is 4.11. The zero-order valence-electron chi connectivity index (χ0n) is 19.9. The highest BCUT2D eigenvalue weighted by Crippen LogP contribution is 2.34. The number of nitrogens with zero attached hydrogens (tertiary/aromatic N) is 4. The van der Waals surface area contributed by atoms with Crippen molar-refractivity contribution in [1.82, 2.24) is 4.90 Å². The van der Waals surface area contributed by atoms with Crippen LogP contribution in [0.5, 0.6) is 5.75 Å². The number of imide groups is 1. The fourth-order valence-electron chi connectivity index (χ4n) is 4.11. The SMILES string of the molecule is [C-]#[N+]c1ccc(N2C(=O)N(CCCOc3ccc(-c4cc[n+](O)cc4)cc3)C(C)(C)C2=O)cc1C. The number of rotatable bonds is 7. The van der Waals surface area contributed by atoms with Gasteiger partial charge < -0.3 is 9.64 Å². The molecule has 2 heterocycles. The van der Waals surface area contributed by atoms with Gasteiger partial charge in [-0.1, -0.05) is 18.2 Å². The zero-order valence-corrected chi connectivity index (χ0v) is 19.9. The molecule has 8 heteroatoms. The molecule has 3 amide bonds. The lowest BCUT2D eigenvalue weighted by molar-refractivity contribution is -0.904. The number of carbonyl (C=O) groups is 2. The maximum Gasteiger partial charge on any atom is 0.332 e. The van der Waals surface area contributed by atoms with Crippen LogP contribution in [-0.4, -0.2) is 40.7 Å². The lowest BCUT2D eigenvalue weighted by Crippen LogP contribution is -2.44. The molecule has 1 N–H and O–H groups in total. The van der Waals surface area contributed by atoms with Crippen LogP contribution < -0.4 is 14.4 Å². The van der Waals surface area contributed by atoms with Crippen LogP contribution in [0.2, 0.25) is 0 Å². The first kappa shape index (κ1) is 23.8. The van der Waals surface area contributed by atoms with E-state index in [1.807, 2.05) is 36.4 Å². The molecule has 1 aromatic heterocycles. The number of ether oxygens (including phenoxy) is 1. The molecular weight excluding hydrogens is 444 g/mol. The first-order valence-corrected chi connectivity index (χ1v) is 11.3. The Morgan fingerprint density at radius 1 is 1.03 bits per heavy atom. The highest BCUT2D eigenvalue weighted by molar-refractivity contribution is 6.23. The number of pyridine rings is 1. The molecule has 1 fully saturated rings. The van der Waals surface area contributed by atoms with Gasteiger partial charge in [0, 0.05) is 23.4 Å². The molecule has 0 radical (unpaired) electrons. The summed E-state index contributed by atoms with van der Waals surface area (Å²) in [5.41, 5.74) is 2.69. The van der Waals surface area contributed by atoms with Gasteiger partial charge in [-0.25, -0.2) is 14.5 Å². The van der Waals surface area contributed by atoms with Crippen molar-refractivity contribution in [2.75, 3.05) is 18.1 Å². The van der Waals surface area contributed by atoms with Crippen LogP contribution in [-0.2, 0) is 4.79 Å². The molecule has 0 bridgehead atoms. The molecule has 0 aliphatic carbocycles. The van der Waals surface area contributed by atoms with E-state index >= 15 is 0 Å². The van der Waals surface area contributed by atoms with Gasteiger partial charge in [-0.3, -0.25) is 10.0 Å². The Bertz CT molecular complexity index is 1290. The average Bonchev–Trinajstić information content (AvgIpc) is 3.01. The molecule has 1 aliphatic heterocycles. The van der Waals surface area contributed by atoms with Gasteiger partial charge in [0.05, 0.1) is 18.9 Å². The summed E-state index contributed by atoms with van der Waals surface area (Å²) in [6, 6.07) is 15.9. The van der Waals surface area contributed by atoms with Crippen molar-refractivity contribution in [2.24, 2.45) is 0 Å². The fraction of sp³-hybridized carbons (Fsp3) is 0.259. The molecule has 1 aliphatic rings. The lowest BCUT2D eigenvalue weighted by atomic mass is 10.0. The van der Waals surface area contributed by atoms with E-state index in [0.29, 0.717) is 36.7 Å². The number of benzene rings is 2. The molecule has 8 nitrogen and oxygen atoms in total. The third kappa shape index (κ3) is 4.66. The second-order valence-corrected chi connectivity index (χ2v) is 8.91. The Balaban J connectivity index is 1.36. The molecule has 1 saturated heterocycles. The topological polar surface area (TPSA) is 78.3 Å². The van der Waals surface area contributed by atoms with Gasteiger partial charge in [-0.05, 0) is 68.1 Å². The number of urea groups is 1. The molecule has 0 atom stereocenters. The van der Waals surface area contributed by atoms with Crippen LogP contribution in [0.3, 0.4) is 0 Å². The number of aromatic nitrogens is 1. The minimum atomic E-state index is -0.979. The second-order valence-electron chi connectivity index (χ2n) is 8.91. The molecule has 3 aromatic rings. The summed E-state index contributed by atoms with van der Waals surface area (Å²) in [5, 5.41) is 9.35. The first-order chi connectivity index (χ1) is 16.7. The summed E-state index contributed by atoms with van der Waals surface area (Å²) in [6.07, 6.45) is 3.69. The van der Waals surface area contributed by atoms with Gasteiger partial charge in [-0.15, -0.1) is 0 Å². The van der Waals surface area contributed by atoms with Crippen molar-refractivity contribution < 1.29 is 24.3 Å². The summed E-state index contributed by atoms with van der Waals surface area (Å²) >= 11 is 0. The molecular formula is C27H27N4O4+. The minimum Gasteiger partial charge on any atom is -0.494 e. The van der Waals surface area contributed by atoms with E-state index in [9.17, 15) is 14.8 Å². The van der Waals surface area contributed by atoms with Crippen molar-refractivity contribution in [3.63, 3.8) is 0 Å². The van der Waals surface area contributed by atoms with Gasteiger partial charge in [0.1, 0.15) is 11.3 Å². The van der Waals surface area contributed by atoms with Crippen LogP contribution >= 0.6 is 0 Å². The minimum absolute atomic E-state index is 0.290. The molecule has 2 aromatic carbocycles. The van der Waals surface area contributed by atoms with E-state index in [2.05, 4.69) is 4.85 Å². The second kappa shape index (κ2) is 9.47. The molecule has 178 valence electrons. The normalized spacial score (nSPS) is 14.8. The highest BCUT2D eigenvalue weighted by Gasteiger charge is 2.51. The number of amides is 3. The third-order valence-corrected chi connectivity index (χ3v) is 6.18. The van der Waals surface area contributed by atoms with Crippen LogP contribution in [0.4, 0.5) is 16.2 Å². The summed E-state index contributed by atoms with van der Waals surface area (Å²) in [7, 11) is 0. The lowest BCUT2D eigenvalue weighted by Gasteiger charge is -2.27. The van der Waals surface area contributed by atoms with Gasteiger partial charge in [0.15, 0.2) is 5.69 Å². The van der Waals surface area contributed by atoms with Crippen molar-refractivity contribution in [3.05, 3.63) is 84.0 Å². The summed E-state index contributed by atoms with van der Waals surface area (Å²) in [4.78, 5) is 32.5. The summed E-state index contributed by atoms with van der Waals surface area (Å²) in [6.45, 7) is 13.2. The Morgan fingerprint density at radius 2 is 1.69 bits per heavy atom. The van der Waals surface area contributed by atoms with Crippen molar-refractivity contribution >= 4 is 23.3 Å². The predicted octanol–water partition coefficient (Wildman–Crippen LogP) is 4.75. The summed E-state index contributed by atoms with van der Waals surface area (Å²) in [5.74, 6) is 0.420. The molecule has 0 spiro atoms. The highest BCUT2D eigenvalue weighted by atomic mass is 16.5. The molecule has 4 rings (SSSR count). The van der Waals surface area contributed by atoms with E-state index in [1.165, 1.54) is 4.90 Å². The zero-order chi connectivity index (χ0) is 25.2. The Kier molecular flexibility index (Phi) is 6.43. The number of aryl methyl sites for hydroxylation is 1. The van der Waals surface area contributed by atoms with E-state index in [4.69, 9.17) is 11.3 Å². The van der Waals surface area contributed by atoms with Crippen molar-refractivity contribution in [3.8, 4) is 16.9 Å². The van der Waals surface area contributed by atoms with E-state index in [0.717, 1.165) is 21.4 Å². The van der Waals surface area contributed by atoms with E-state index in [-0.39, 0.29) is 11.9 Å². The van der Waals surface area contributed by atoms with Gasteiger partial charge >= 0.3 is 6.03 Å². The smallest absolute Gasteiger partial charge is 0.332 e. The van der Waals surface area contributed by atoms with Crippen LogP contribution in [0, 0.1) is 13.5 Å². The standard InChI is InChI=1S/C27H27N4O4/c1-19-18-22(8-11-24(19)28-4)31-25(32)27(2,3)30(26(31)33)14-5-17-35-23-9-6-20(7-10-23)21-12-15-29(34)16-13-21/h6-13,15-16,18,34H,5,14,17H2,1-3H3/q+1. The van der Waals surface area contributed by atoms with Crippen LogP contribution in [0.15, 0.2) is 67.0 Å². The number of carbonyl (C=O) groups excluding carboxylic acids is 2. The van der Waals surface area contributed by atoms with Gasteiger partial charge in [0.2, 0.25) is 12.4 Å². The van der Waals surface area contributed by atoms with Crippen molar-refractivity contribution in [1.29, 1.82) is 0 Å². The number of hydrogen-bond acceptors (Lipinski definition) is 4. The molecule has 0 saturated carbocycles. The quantitative estimate of drug-likeness (QED) is 0.177. The van der Waals surface area contributed by atoms with Crippen LogP contribution in [0.1, 0.15) is 25.8 Å². The molecule has 35 heavy (non-hydrogen) atoms. The van der Waals surface area contributed by atoms with E-state index < -0.39 is 5.54 Å². The Labute approximate surface area is 204 Å². The number of hydrogen-bond donors (Lipinski definition) is 1. The van der Waals surface area contributed by atoms with E-state index in [1.54, 1.807) is 56.3 Å². The molecule has 0 unspecified atom stereocenters. The van der Waals surface area contributed by atoms with Crippen molar-refractivity contribution in [2.45, 2.75) is 32.7 Å². The van der Waals surface area contributed by atoms with Gasteiger partial charge in [-0.2, -0.15) is 0 Å². The number of anilines is 1. The maximum absolute atomic E-state index is 13.2. The Morgan fingerprint density at radius 3 is 2.31 bits per heavy atom. The monoisotopic (exact) mass is 471 g/mol. The first-order valence-electron chi connectivity index (χ1n) is 11.3. The average molecular weight is 472 g/mol. The summed E-state index contributed by atoms with van der Waals surface area (Å²) < 4.78 is 6.84. The largest absolute Gasteiger partial charge is 0.494 e. The Hall–Kier alpha value is -4.38. The van der Waals surface area contributed by atoms with Crippen LogP contribution in [0.25, 0.3) is 16.0 Å². The maximum atomic E-state index is 13.2. The predicted molar refractivity (Wildman–Crippen MR) is 130 cm³/mol.